The van der Waals surface area contributed by atoms with Gasteiger partial charge in [0.25, 0.3) is 11.6 Å². The largest absolute Gasteiger partial charge is 0.466 e. The molecule has 142 valence electrons. The van der Waals surface area contributed by atoms with Crippen LogP contribution in [0.2, 0.25) is 0 Å². The zero-order valence-corrected chi connectivity index (χ0v) is 16.2. The number of likely N-dealkylation sites (N-methyl/N-ethyl adjacent to an activating group) is 1. The zero-order chi connectivity index (χ0) is 19.9. The van der Waals surface area contributed by atoms with Crippen molar-refractivity contribution in [2.45, 2.75) is 33.7 Å². The van der Waals surface area contributed by atoms with Gasteiger partial charge in [-0.05, 0) is 39.8 Å². The molecule has 3 aromatic rings. The highest BCUT2D eigenvalue weighted by molar-refractivity contribution is 6.08. The van der Waals surface area contributed by atoms with Gasteiger partial charge < -0.3 is 19.2 Å². The minimum atomic E-state index is -0.669. The lowest BCUT2D eigenvalue weighted by molar-refractivity contribution is -0.130. The van der Waals surface area contributed by atoms with Crippen LogP contribution < -0.4 is 5.32 Å². The van der Waals surface area contributed by atoms with Gasteiger partial charge in [-0.1, -0.05) is 5.16 Å². The Labute approximate surface area is 156 Å². The summed E-state index contributed by atoms with van der Waals surface area (Å²) in [6.45, 7) is 7.06. The fourth-order valence-electron chi connectivity index (χ4n) is 3.02. The summed E-state index contributed by atoms with van der Waals surface area (Å²) in [6, 6.07) is 2.86. The van der Waals surface area contributed by atoms with E-state index < -0.39 is 11.9 Å². The predicted octanol–water partition coefficient (Wildman–Crippen LogP) is 2.61. The molecule has 0 aromatic carbocycles. The molecule has 0 bridgehead atoms. The summed E-state index contributed by atoms with van der Waals surface area (Å²) in [5.41, 5.74) is 2.49. The van der Waals surface area contributed by atoms with Crippen molar-refractivity contribution in [1.29, 1.82) is 0 Å². The summed E-state index contributed by atoms with van der Waals surface area (Å²) >= 11 is 0. The number of amides is 2. The molecule has 2 amide bonds. The van der Waals surface area contributed by atoms with Gasteiger partial charge in [0.1, 0.15) is 17.6 Å². The van der Waals surface area contributed by atoms with E-state index >= 15 is 0 Å². The first kappa shape index (κ1) is 18.6. The van der Waals surface area contributed by atoms with Crippen molar-refractivity contribution < 1.29 is 18.5 Å². The van der Waals surface area contributed by atoms with Gasteiger partial charge in [-0.25, -0.2) is 4.98 Å². The van der Waals surface area contributed by atoms with E-state index in [1.54, 1.807) is 34.0 Å². The third-order valence-electron chi connectivity index (χ3n) is 4.34. The average molecular weight is 370 g/mol. The number of nitrogens with one attached hydrogen (secondary N) is 1. The number of aryl methyl sites for hydroxylation is 3. The van der Waals surface area contributed by atoms with E-state index in [9.17, 15) is 9.59 Å². The van der Waals surface area contributed by atoms with Crippen LogP contribution in [0.1, 0.15) is 34.5 Å². The first-order chi connectivity index (χ1) is 12.7. The van der Waals surface area contributed by atoms with Crippen LogP contribution in [0.5, 0.6) is 0 Å². The number of hydrogen-bond donors (Lipinski definition) is 1. The minimum Gasteiger partial charge on any atom is -0.466 e. The first-order valence-corrected chi connectivity index (χ1v) is 8.55. The van der Waals surface area contributed by atoms with Crippen molar-refractivity contribution >= 4 is 22.9 Å². The van der Waals surface area contributed by atoms with E-state index in [2.05, 4.69) is 15.5 Å². The molecule has 1 unspecified atom stereocenters. The Morgan fingerprint density at radius 1 is 1.19 bits per heavy atom. The zero-order valence-electron chi connectivity index (χ0n) is 16.2. The van der Waals surface area contributed by atoms with Gasteiger partial charge in [0.15, 0.2) is 0 Å². The van der Waals surface area contributed by atoms with Crippen LogP contribution in [0.3, 0.4) is 0 Å². The molecule has 3 heterocycles. The van der Waals surface area contributed by atoms with Crippen LogP contribution >= 0.6 is 0 Å². The summed E-state index contributed by atoms with van der Waals surface area (Å²) in [5, 5.41) is 7.19. The fourth-order valence-corrected chi connectivity index (χ4v) is 3.02. The van der Waals surface area contributed by atoms with Gasteiger partial charge in [0, 0.05) is 19.7 Å². The molecule has 3 aromatic heterocycles. The standard InChI is InChI=1S/C19H22N4O4/c1-9-7-13(12(4)26-9)15-8-14(16-10(2)22-27-18(16)21-15)17(24)20-11(3)19(25)23(5)6/h7-8,11H,1-6H3,(H,20,24). The summed E-state index contributed by atoms with van der Waals surface area (Å²) in [4.78, 5) is 30.9. The predicted molar refractivity (Wildman–Crippen MR) is 99.3 cm³/mol. The average Bonchev–Trinajstić information content (AvgIpc) is 3.15. The fraction of sp³-hybridized carbons (Fsp3) is 0.368. The molecule has 0 saturated heterocycles. The SMILES string of the molecule is Cc1cc(-c2cc(C(=O)NC(C)C(=O)N(C)C)c3c(C)noc3n2)c(C)o1. The monoisotopic (exact) mass is 370 g/mol. The van der Waals surface area contributed by atoms with Crippen LogP contribution in [0.25, 0.3) is 22.4 Å². The van der Waals surface area contributed by atoms with Gasteiger partial charge in [-0.3, -0.25) is 9.59 Å². The first-order valence-electron chi connectivity index (χ1n) is 8.55. The van der Waals surface area contributed by atoms with Gasteiger partial charge >= 0.3 is 0 Å². The van der Waals surface area contributed by atoms with E-state index in [0.717, 1.165) is 11.3 Å². The van der Waals surface area contributed by atoms with Gasteiger partial charge in [0.2, 0.25) is 5.91 Å². The van der Waals surface area contributed by atoms with Crippen LogP contribution in [-0.2, 0) is 4.79 Å². The quantitative estimate of drug-likeness (QED) is 0.757. The summed E-state index contributed by atoms with van der Waals surface area (Å²) in [7, 11) is 3.28. The molecule has 0 fully saturated rings. The van der Waals surface area contributed by atoms with E-state index in [0.29, 0.717) is 28.1 Å². The normalized spacial score (nSPS) is 12.2. The topological polar surface area (TPSA) is 101 Å². The lowest BCUT2D eigenvalue weighted by atomic mass is 10.0. The third-order valence-corrected chi connectivity index (χ3v) is 4.34. The van der Waals surface area contributed by atoms with Crippen molar-refractivity contribution in [3.8, 4) is 11.3 Å². The van der Waals surface area contributed by atoms with Crippen molar-refractivity contribution in [3.63, 3.8) is 0 Å². The molecule has 0 radical (unpaired) electrons. The van der Waals surface area contributed by atoms with Gasteiger partial charge in [0.05, 0.1) is 22.3 Å². The molecule has 3 rings (SSSR count). The molecule has 8 heteroatoms. The smallest absolute Gasteiger partial charge is 0.259 e. The maximum atomic E-state index is 12.9. The Balaban J connectivity index is 2.08. The molecular formula is C19H22N4O4. The Bertz CT molecular complexity index is 1030. The highest BCUT2D eigenvalue weighted by Gasteiger charge is 2.24. The molecule has 27 heavy (non-hydrogen) atoms. The van der Waals surface area contributed by atoms with E-state index in [1.807, 2.05) is 19.9 Å². The van der Waals surface area contributed by atoms with Crippen molar-refractivity contribution in [3.05, 3.63) is 34.9 Å². The summed E-state index contributed by atoms with van der Waals surface area (Å²) in [6.07, 6.45) is 0. The van der Waals surface area contributed by atoms with Gasteiger partial charge in [-0.2, -0.15) is 0 Å². The number of hydrogen-bond acceptors (Lipinski definition) is 6. The molecular weight excluding hydrogens is 348 g/mol. The number of nitrogens with zero attached hydrogens (tertiary/aromatic N) is 3. The molecule has 0 spiro atoms. The van der Waals surface area contributed by atoms with Crippen molar-refractivity contribution in [2.24, 2.45) is 0 Å². The lowest BCUT2D eigenvalue weighted by Gasteiger charge is -2.18. The second-order valence-electron chi connectivity index (χ2n) is 6.76. The molecule has 0 aliphatic carbocycles. The number of fused-ring (bicyclic) bond motifs is 1. The Kier molecular flexibility index (Phi) is 4.73. The van der Waals surface area contributed by atoms with E-state index in [-0.39, 0.29) is 11.6 Å². The number of furan rings is 1. The minimum absolute atomic E-state index is 0.197. The number of rotatable bonds is 4. The van der Waals surface area contributed by atoms with E-state index in [4.69, 9.17) is 8.94 Å². The molecule has 1 N–H and O–H groups in total. The molecule has 8 nitrogen and oxygen atoms in total. The van der Waals surface area contributed by atoms with Crippen LogP contribution in [-0.4, -0.2) is 47.0 Å². The number of aromatic nitrogens is 2. The maximum absolute atomic E-state index is 12.9. The Morgan fingerprint density at radius 3 is 2.48 bits per heavy atom. The summed E-state index contributed by atoms with van der Waals surface area (Å²) in [5.74, 6) is 0.847. The van der Waals surface area contributed by atoms with Crippen molar-refractivity contribution in [1.82, 2.24) is 20.4 Å². The number of carbonyl (C=O) groups excluding carboxylic acids is 2. The Hall–Kier alpha value is -3.16. The van der Waals surface area contributed by atoms with Crippen LogP contribution in [0.15, 0.2) is 21.1 Å². The second kappa shape index (κ2) is 6.86. The summed E-state index contributed by atoms with van der Waals surface area (Å²) < 4.78 is 10.9. The highest BCUT2D eigenvalue weighted by atomic mass is 16.5. The van der Waals surface area contributed by atoms with Crippen molar-refractivity contribution in [2.75, 3.05) is 14.1 Å². The lowest BCUT2D eigenvalue weighted by Crippen LogP contribution is -2.44. The number of pyridine rings is 1. The number of carbonyl (C=O) groups is 2. The van der Waals surface area contributed by atoms with E-state index in [1.165, 1.54) is 4.90 Å². The highest BCUT2D eigenvalue weighted by Crippen LogP contribution is 2.30. The molecule has 0 saturated carbocycles. The molecule has 1 atom stereocenters. The third kappa shape index (κ3) is 3.42. The molecule has 0 aliphatic rings. The van der Waals surface area contributed by atoms with Gasteiger partial charge in [-0.15, -0.1) is 0 Å². The van der Waals surface area contributed by atoms with Crippen LogP contribution in [0.4, 0.5) is 0 Å². The Morgan fingerprint density at radius 2 is 1.89 bits per heavy atom. The molecule has 0 aliphatic heterocycles. The second-order valence-corrected chi connectivity index (χ2v) is 6.76. The maximum Gasteiger partial charge on any atom is 0.259 e. The van der Waals surface area contributed by atoms with Crippen LogP contribution in [0, 0.1) is 20.8 Å².